The molecule has 82 valence electrons. The van der Waals surface area contributed by atoms with E-state index in [1.54, 1.807) is 0 Å². The molecule has 15 heavy (non-hydrogen) atoms. The van der Waals surface area contributed by atoms with Crippen molar-refractivity contribution in [3.05, 3.63) is 22.8 Å². The predicted octanol–water partition coefficient (Wildman–Crippen LogP) is 2.38. The van der Waals surface area contributed by atoms with Gasteiger partial charge in [-0.1, -0.05) is 0 Å². The Morgan fingerprint density at radius 3 is 2.27 bits per heavy atom. The third kappa shape index (κ3) is 1.23. The van der Waals surface area contributed by atoms with E-state index >= 15 is 0 Å². The van der Waals surface area contributed by atoms with Gasteiger partial charge in [0.2, 0.25) is 0 Å². The van der Waals surface area contributed by atoms with Crippen molar-refractivity contribution in [2.45, 2.75) is 32.1 Å². The van der Waals surface area contributed by atoms with Crippen LogP contribution >= 0.6 is 0 Å². The van der Waals surface area contributed by atoms with E-state index in [0.717, 1.165) is 0 Å². The van der Waals surface area contributed by atoms with Crippen LogP contribution in [0.3, 0.4) is 0 Å². The summed E-state index contributed by atoms with van der Waals surface area (Å²) in [6, 6.07) is 0. The number of hydrogen-bond donors (Lipinski definition) is 0. The third-order valence-electron chi connectivity index (χ3n) is 2.44. The maximum absolute atomic E-state index is 13.3. The zero-order chi connectivity index (χ0) is 11.4. The van der Waals surface area contributed by atoms with Crippen LogP contribution in [0.4, 0.5) is 17.6 Å². The van der Waals surface area contributed by atoms with Crippen molar-refractivity contribution >= 4 is 0 Å². The van der Waals surface area contributed by atoms with Gasteiger partial charge in [-0.2, -0.15) is 17.6 Å². The first-order chi connectivity index (χ1) is 6.75. The highest BCUT2D eigenvalue weighted by Crippen LogP contribution is 2.51. The van der Waals surface area contributed by atoms with E-state index in [-0.39, 0.29) is 17.2 Å². The Labute approximate surface area is 83.4 Å². The lowest BCUT2D eigenvalue weighted by Crippen LogP contribution is -2.34. The van der Waals surface area contributed by atoms with Gasteiger partial charge < -0.3 is 0 Å². The van der Waals surface area contributed by atoms with E-state index in [0.29, 0.717) is 0 Å². The zero-order valence-corrected chi connectivity index (χ0v) is 8.11. The molecule has 0 radical (unpaired) electrons. The normalized spacial score (nSPS) is 21.5. The van der Waals surface area contributed by atoms with Gasteiger partial charge in [-0.25, -0.2) is 9.97 Å². The molecule has 0 unspecified atom stereocenters. The van der Waals surface area contributed by atoms with Gasteiger partial charge in [-0.3, -0.25) is 0 Å². The highest BCUT2D eigenvalue weighted by Gasteiger charge is 2.64. The summed E-state index contributed by atoms with van der Waals surface area (Å²) in [4.78, 5) is 7.32. The number of aromatic nitrogens is 2. The fourth-order valence-electron chi connectivity index (χ4n) is 1.82. The Kier molecular flexibility index (Phi) is 1.84. The number of hydrogen-bond acceptors (Lipinski definition) is 2. The molecule has 0 N–H and O–H groups in total. The summed E-state index contributed by atoms with van der Waals surface area (Å²) in [6.07, 6.45) is -1.01. The fourth-order valence-corrected chi connectivity index (χ4v) is 1.82. The van der Waals surface area contributed by atoms with Gasteiger partial charge in [0.25, 0.3) is 0 Å². The highest BCUT2D eigenvalue weighted by molar-refractivity contribution is 5.38. The smallest absolute Gasteiger partial charge is 0.238 e. The molecule has 0 spiro atoms. The summed E-state index contributed by atoms with van der Waals surface area (Å²) in [7, 11) is 0. The number of alkyl halides is 4. The molecular weight excluding hydrogens is 212 g/mol. The van der Waals surface area contributed by atoms with Crippen molar-refractivity contribution in [1.29, 1.82) is 0 Å². The summed E-state index contributed by atoms with van der Waals surface area (Å²) in [5.74, 6) is -7.97. The Morgan fingerprint density at radius 1 is 1.07 bits per heavy atom. The minimum Gasteiger partial charge on any atom is -0.238 e. The van der Waals surface area contributed by atoms with Crippen LogP contribution < -0.4 is 0 Å². The molecule has 2 nitrogen and oxygen atoms in total. The van der Waals surface area contributed by atoms with Crippen LogP contribution in [0, 0.1) is 13.8 Å². The number of nitrogens with zero attached hydrogens (tertiary/aromatic N) is 2. The second kappa shape index (κ2) is 2.68. The predicted molar refractivity (Wildman–Crippen MR) is 44.1 cm³/mol. The Hall–Kier alpha value is -1.20. The first-order valence-corrected chi connectivity index (χ1v) is 4.36. The first kappa shape index (κ1) is 10.3. The second-order valence-corrected chi connectivity index (χ2v) is 3.63. The molecule has 1 heterocycles. The first-order valence-electron chi connectivity index (χ1n) is 4.36. The van der Waals surface area contributed by atoms with E-state index in [1.165, 1.54) is 13.8 Å². The van der Waals surface area contributed by atoms with E-state index in [4.69, 9.17) is 0 Å². The minimum atomic E-state index is -4.15. The fraction of sp³-hybridized carbons (Fsp3) is 0.556. The van der Waals surface area contributed by atoms with Crippen LogP contribution in [0.1, 0.15) is 22.8 Å². The molecule has 1 aromatic rings. The maximum atomic E-state index is 13.3. The van der Waals surface area contributed by atoms with Gasteiger partial charge in [-0.15, -0.1) is 0 Å². The van der Waals surface area contributed by atoms with E-state index in [2.05, 4.69) is 9.97 Å². The standard InChI is InChI=1S/C9H8F4N2/c1-4-7-6(15-5(2)14-4)3-8(10,11)9(7,12)13/h3H2,1-2H3. The van der Waals surface area contributed by atoms with Crippen LogP contribution in [-0.2, 0) is 12.3 Å². The minimum absolute atomic E-state index is 0.0697. The van der Waals surface area contributed by atoms with E-state index < -0.39 is 23.8 Å². The maximum Gasteiger partial charge on any atom is 0.339 e. The Bertz CT molecular complexity index is 428. The van der Waals surface area contributed by atoms with Crippen molar-refractivity contribution < 1.29 is 17.6 Å². The van der Waals surface area contributed by atoms with Gasteiger partial charge in [0.05, 0.1) is 23.4 Å². The quantitative estimate of drug-likeness (QED) is 0.627. The molecule has 0 aliphatic heterocycles. The number of aryl methyl sites for hydroxylation is 2. The monoisotopic (exact) mass is 220 g/mol. The molecule has 0 saturated carbocycles. The van der Waals surface area contributed by atoms with Gasteiger partial charge >= 0.3 is 11.8 Å². The lowest BCUT2D eigenvalue weighted by atomic mass is 10.1. The topological polar surface area (TPSA) is 25.8 Å². The molecule has 0 aromatic carbocycles. The van der Waals surface area contributed by atoms with Crippen molar-refractivity contribution in [3.8, 4) is 0 Å². The number of halogens is 4. The van der Waals surface area contributed by atoms with Gasteiger partial charge in [0.15, 0.2) is 0 Å². The molecule has 0 saturated heterocycles. The largest absolute Gasteiger partial charge is 0.339 e. The number of rotatable bonds is 0. The van der Waals surface area contributed by atoms with Crippen LogP contribution in [0.2, 0.25) is 0 Å². The van der Waals surface area contributed by atoms with Crippen LogP contribution in [-0.4, -0.2) is 15.9 Å². The molecule has 0 atom stereocenters. The zero-order valence-electron chi connectivity index (χ0n) is 8.11. The highest BCUT2D eigenvalue weighted by atomic mass is 19.3. The summed E-state index contributed by atoms with van der Waals surface area (Å²) >= 11 is 0. The summed E-state index contributed by atoms with van der Waals surface area (Å²) in [6.45, 7) is 2.78. The average Bonchev–Trinajstić information content (AvgIpc) is 2.15. The molecule has 0 amide bonds. The van der Waals surface area contributed by atoms with Crippen molar-refractivity contribution in [2.75, 3.05) is 0 Å². The van der Waals surface area contributed by atoms with Crippen molar-refractivity contribution in [3.63, 3.8) is 0 Å². The number of fused-ring (bicyclic) bond motifs is 1. The Balaban J connectivity index is 2.70. The second-order valence-electron chi connectivity index (χ2n) is 3.63. The van der Waals surface area contributed by atoms with Crippen molar-refractivity contribution in [2.24, 2.45) is 0 Å². The van der Waals surface area contributed by atoms with Crippen LogP contribution in [0.5, 0.6) is 0 Å². The van der Waals surface area contributed by atoms with Gasteiger partial charge in [0.1, 0.15) is 5.82 Å². The van der Waals surface area contributed by atoms with E-state index in [9.17, 15) is 17.6 Å². The molecule has 6 heteroatoms. The van der Waals surface area contributed by atoms with E-state index in [1.807, 2.05) is 0 Å². The summed E-state index contributed by atoms with van der Waals surface area (Å²) in [5.41, 5.74) is -1.02. The third-order valence-corrected chi connectivity index (χ3v) is 2.44. The molecule has 0 fully saturated rings. The molecule has 1 aliphatic rings. The average molecular weight is 220 g/mol. The summed E-state index contributed by atoms with van der Waals surface area (Å²) in [5, 5.41) is 0. The lowest BCUT2D eigenvalue weighted by molar-refractivity contribution is -0.203. The van der Waals surface area contributed by atoms with Crippen LogP contribution in [0.25, 0.3) is 0 Å². The molecular formula is C9H8F4N2. The van der Waals surface area contributed by atoms with Crippen molar-refractivity contribution in [1.82, 2.24) is 9.97 Å². The SMILES string of the molecule is Cc1nc(C)c2c(n1)CC(F)(F)C2(F)F. The molecule has 1 aliphatic carbocycles. The molecule has 2 rings (SSSR count). The van der Waals surface area contributed by atoms with Gasteiger partial charge in [-0.05, 0) is 13.8 Å². The molecule has 1 aromatic heterocycles. The molecule has 0 bridgehead atoms. The van der Waals surface area contributed by atoms with Crippen LogP contribution in [0.15, 0.2) is 0 Å². The lowest BCUT2D eigenvalue weighted by Gasteiger charge is -2.19. The van der Waals surface area contributed by atoms with Gasteiger partial charge in [0, 0.05) is 0 Å². The Morgan fingerprint density at radius 2 is 1.67 bits per heavy atom. The summed E-state index contributed by atoms with van der Waals surface area (Å²) < 4.78 is 52.6.